The Morgan fingerprint density at radius 1 is 1.12 bits per heavy atom. The Balaban J connectivity index is 1.55. The molecule has 0 aromatic heterocycles. The van der Waals surface area contributed by atoms with Crippen LogP contribution in [-0.4, -0.2) is 21.4 Å². The van der Waals surface area contributed by atoms with Gasteiger partial charge in [-0.25, -0.2) is 0 Å². The highest BCUT2D eigenvalue weighted by Gasteiger charge is 2.30. The summed E-state index contributed by atoms with van der Waals surface area (Å²) in [6.45, 7) is 0. The summed E-state index contributed by atoms with van der Waals surface area (Å²) in [5, 5.41) is 4.83. The number of benzene rings is 2. The Hall–Kier alpha value is -2.38. The second-order valence-corrected chi connectivity index (χ2v) is 6.95. The number of ether oxygens (including phenoxy) is 1. The fourth-order valence-electron chi connectivity index (χ4n) is 2.14. The molecule has 5 nitrogen and oxygen atoms in total. The van der Waals surface area contributed by atoms with Crippen LogP contribution in [0.15, 0.2) is 54.6 Å². The first-order valence-corrected chi connectivity index (χ1v) is 8.53. The molecule has 0 spiro atoms. The number of thiocarbonyl (C=S) groups is 1. The predicted molar refractivity (Wildman–Crippen MR) is 98.3 cm³/mol. The maximum absolute atomic E-state index is 12.0. The van der Waals surface area contributed by atoms with Crippen LogP contribution in [0.5, 0.6) is 11.5 Å². The third-order valence-electron chi connectivity index (χ3n) is 3.25. The summed E-state index contributed by atoms with van der Waals surface area (Å²) in [7, 11) is 0. The van der Waals surface area contributed by atoms with E-state index in [1.807, 2.05) is 30.3 Å². The van der Waals surface area contributed by atoms with Gasteiger partial charge < -0.3 is 15.4 Å². The van der Waals surface area contributed by atoms with Crippen LogP contribution in [0.1, 0.15) is 6.42 Å². The Morgan fingerprint density at radius 3 is 2.42 bits per heavy atom. The first-order chi connectivity index (χ1) is 11.6. The average molecular weight is 358 g/mol. The van der Waals surface area contributed by atoms with Crippen LogP contribution in [0, 0.1) is 0 Å². The van der Waals surface area contributed by atoms with Crippen molar-refractivity contribution in [1.82, 2.24) is 5.32 Å². The van der Waals surface area contributed by atoms with Crippen molar-refractivity contribution in [3.8, 4) is 11.5 Å². The molecule has 0 radical (unpaired) electrons. The Labute approximate surface area is 148 Å². The van der Waals surface area contributed by atoms with Crippen molar-refractivity contribution in [2.45, 2.75) is 11.7 Å². The lowest BCUT2D eigenvalue weighted by Crippen LogP contribution is -2.27. The number of thioether (sulfide) groups is 1. The van der Waals surface area contributed by atoms with E-state index in [4.69, 9.17) is 17.0 Å². The van der Waals surface area contributed by atoms with Gasteiger partial charge in [0.25, 0.3) is 0 Å². The van der Waals surface area contributed by atoms with E-state index in [9.17, 15) is 9.59 Å². The molecule has 1 heterocycles. The van der Waals surface area contributed by atoms with Gasteiger partial charge in [0.1, 0.15) is 15.8 Å². The molecule has 1 atom stereocenters. The van der Waals surface area contributed by atoms with Gasteiger partial charge in [0.05, 0.1) is 5.25 Å². The zero-order valence-electron chi connectivity index (χ0n) is 12.5. The lowest BCUT2D eigenvalue weighted by molar-refractivity contribution is -0.122. The normalized spacial score (nSPS) is 16.6. The summed E-state index contributed by atoms with van der Waals surface area (Å²) in [6.07, 6.45) is 0.0822. The van der Waals surface area contributed by atoms with Crippen LogP contribution in [-0.2, 0) is 9.59 Å². The topological polar surface area (TPSA) is 67.4 Å². The summed E-state index contributed by atoms with van der Waals surface area (Å²) in [5.74, 6) is 0.973. The molecule has 2 aromatic rings. The van der Waals surface area contributed by atoms with Gasteiger partial charge in [0, 0.05) is 12.1 Å². The third-order valence-corrected chi connectivity index (χ3v) is 4.63. The van der Waals surface area contributed by atoms with E-state index >= 15 is 0 Å². The maximum atomic E-state index is 12.0. The molecule has 1 aliphatic heterocycles. The lowest BCUT2D eigenvalue weighted by atomic mass is 10.2. The number of para-hydroxylation sites is 1. The van der Waals surface area contributed by atoms with E-state index in [1.54, 1.807) is 24.3 Å². The fraction of sp³-hybridized carbons (Fsp3) is 0.118. The van der Waals surface area contributed by atoms with Crippen LogP contribution >= 0.6 is 24.0 Å². The number of hydrogen-bond donors (Lipinski definition) is 2. The predicted octanol–water partition coefficient (Wildman–Crippen LogP) is 3.32. The smallest absolute Gasteiger partial charge is 0.239 e. The van der Waals surface area contributed by atoms with Crippen molar-refractivity contribution in [2.24, 2.45) is 0 Å². The van der Waals surface area contributed by atoms with E-state index in [2.05, 4.69) is 10.6 Å². The van der Waals surface area contributed by atoms with Gasteiger partial charge in [-0.3, -0.25) is 9.59 Å². The molecule has 0 aliphatic carbocycles. The van der Waals surface area contributed by atoms with Gasteiger partial charge in [-0.15, -0.1) is 0 Å². The molecule has 3 rings (SSSR count). The molecule has 0 bridgehead atoms. The fourth-order valence-corrected chi connectivity index (χ4v) is 3.41. The monoisotopic (exact) mass is 358 g/mol. The zero-order chi connectivity index (χ0) is 16.9. The van der Waals surface area contributed by atoms with Crippen LogP contribution in [0.25, 0.3) is 0 Å². The first-order valence-electron chi connectivity index (χ1n) is 7.24. The standard InChI is InChI=1S/C17H14N2O3S2/c20-15(10-14-16(21)19-17(23)24-14)18-11-6-8-13(9-7-11)22-12-4-2-1-3-5-12/h1-9,14H,10H2,(H,18,20)(H,19,21,23). The van der Waals surface area contributed by atoms with Crippen LogP contribution in [0.3, 0.4) is 0 Å². The highest BCUT2D eigenvalue weighted by molar-refractivity contribution is 8.24. The van der Waals surface area contributed by atoms with Gasteiger partial charge >= 0.3 is 0 Å². The Morgan fingerprint density at radius 2 is 1.79 bits per heavy atom. The summed E-state index contributed by atoms with van der Waals surface area (Å²) in [5.41, 5.74) is 0.645. The molecular weight excluding hydrogens is 344 g/mol. The molecule has 2 aromatic carbocycles. The Bertz CT molecular complexity index is 763. The Kier molecular flexibility index (Phi) is 5.12. The van der Waals surface area contributed by atoms with E-state index in [1.165, 1.54) is 11.8 Å². The van der Waals surface area contributed by atoms with Gasteiger partial charge in [0.15, 0.2) is 0 Å². The molecular formula is C17H14N2O3S2. The number of anilines is 1. The summed E-state index contributed by atoms with van der Waals surface area (Å²) in [4.78, 5) is 23.6. The molecule has 1 fully saturated rings. The third kappa shape index (κ3) is 4.33. The molecule has 2 N–H and O–H groups in total. The largest absolute Gasteiger partial charge is 0.457 e. The highest BCUT2D eigenvalue weighted by Crippen LogP contribution is 2.24. The number of rotatable bonds is 5. The molecule has 2 amide bonds. The number of carbonyl (C=O) groups is 2. The van der Waals surface area contributed by atoms with E-state index in [0.29, 0.717) is 15.8 Å². The van der Waals surface area contributed by atoms with Gasteiger partial charge in [0.2, 0.25) is 11.8 Å². The molecule has 0 saturated carbocycles. The average Bonchev–Trinajstić information content (AvgIpc) is 2.87. The van der Waals surface area contributed by atoms with Crippen molar-refractivity contribution in [1.29, 1.82) is 0 Å². The van der Waals surface area contributed by atoms with E-state index in [0.717, 1.165) is 5.75 Å². The summed E-state index contributed by atoms with van der Waals surface area (Å²) in [6, 6.07) is 16.5. The van der Waals surface area contributed by atoms with Crippen LogP contribution in [0.2, 0.25) is 0 Å². The molecule has 1 saturated heterocycles. The lowest BCUT2D eigenvalue weighted by Gasteiger charge is -2.09. The van der Waals surface area contributed by atoms with E-state index < -0.39 is 5.25 Å². The second-order valence-electron chi connectivity index (χ2n) is 5.07. The minimum Gasteiger partial charge on any atom is -0.457 e. The van der Waals surface area contributed by atoms with E-state index in [-0.39, 0.29) is 18.2 Å². The molecule has 1 unspecified atom stereocenters. The molecule has 1 aliphatic rings. The minimum absolute atomic E-state index is 0.0822. The number of carbonyl (C=O) groups excluding carboxylic acids is 2. The van der Waals surface area contributed by atoms with Crippen molar-refractivity contribution in [3.63, 3.8) is 0 Å². The zero-order valence-corrected chi connectivity index (χ0v) is 14.2. The number of amides is 2. The first kappa shape index (κ1) is 16.5. The second kappa shape index (κ2) is 7.46. The number of hydrogen-bond acceptors (Lipinski definition) is 5. The molecule has 7 heteroatoms. The van der Waals surface area contributed by atoms with Crippen LogP contribution < -0.4 is 15.4 Å². The number of nitrogens with one attached hydrogen (secondary N) is 2. The van der Waals surface area contributed by atoms with Crippen molar-refractivity contribution >= 4 is 45.8 Å². The van der Waals surface area contributed by atoms with Gasteiger partial charge in [-0.1, -0.05) is 42.2 Å². The summed E-state index contributed by atoms with van der Waals surface area (Å²) < 4.78 is 6.11. The highest BCUT2D eigenvalue weighted by atomic mass is 32.2. The molecule has 122 valence electrons. The van der Waals surface area contributed by atoms with Crippen molar-refractivity contribution in [2.75, 3.05) is 5.32 Å². The van der Waals surface area contributed by atoms with Crippen molar-refractivity contribution < 1.29 is 14.3 Å². The quantitative estimate of drug-likeness (QED) is 0.803. The molecule has 24 heavy (non-hydrogen) atoms. The minimum atomic E-state index is -0.460. The van der Waals surface area contributed by atoms with Gasteiger partial charge in [-0.05, 0) is 36.4 Å². The summed E-state index contributed by atoms with van der Waals surface area (Å²) >= 11 is 6.12. The van der Waals surface area contributed by atoms with Crippen LogP contribution in [0.4, 0.5) is 5.69 Å². The van der Waals surface area contributed by atoms with Crippen molar-refractivity contribution in [3.05, 3.63) is 54.6 Å². The van der Waals surface area contributed by atoms with Gasteiger partial charge in [-0.2, -0.15) is 0 Å². The SMILES string of the molecule is O=C(CC1SC(=S)NC1=O)Nc1ccc(Oc2ccccc2)cc1. The maximum Gasteiger partial charge on any atom is 0.239 e.